The number of ether oxygens (including phenoxy) is 1. The third-order valence-corrected chi connectivity index (χ3v) is 7.53. The number of hydrogen-bond acceptors (Lipinski definition) is 3. The normalized spacial score (nSPS) is 24.0. The highest BCUT2D eigenvalue weighted by Crippen LogP contribution is 2.35. The van der Waals surface area contributed by atoms with Gasteiger partial charge < -0.3 is 15.0 Å². The molecule has 1 amide bonds. The molecule has 2 atom stereocenters. The van der Waals surface area contributed by atoms with Crippen molar-refractivity contribution in [3.63, 3.8) is 0 Å². The van der Waals surface area contributed by atoms with Crippen molar-refractivity contribution < 1.29 is 9.53 Å². The van der Waals surface area contributed by atoms with Crippen molar-refractivity contribution in [1.82, 2.24) is 10.2 Å². The molecule has 0 radical (unpaired) electrons. The second kappa shape index (κ2) is 9.44. The SMILES string of the molecule is O=C(NC1CCN(CCC2CCOc3ccccc32)CC1)C1CCc2ccccc2C1. The van der Waals surface area contributed by atoms with Gasteiger partial charge in [-0.25, -0.2) is 0 Å². The molecule has 5 rings (SSSR count). The third kappa shape index (κ3) is 4.79. The number of fused-ring (bicyclic) bond motifs is 2. The van der Waals surface area contributed by atoms with E-state index in [1.165, 1.54) is 23.1 Å². The zero-order valence-electron chi connectivity index (χ0n) is 18.4. The molecule has 2 aliphatic heterocycles. The molecule has 2 aromatic rings. The van der Waals surface area contributed by atoms with Gasteiger partial charge in [-0.1, -0.05) is 42.5 Å². The fourth-order valence-corrected chi connectivity index (χ4v) is 5.60. The molecule has 4 heteroatoms. The van der Waals surface area contributed by atoms with Crippen LogP contribution < -0.4 is 10.1 Å². The average molecular weight is 419 g/mol. The minimum atomic E-state index is 0.140. The lowest BCUT2D eigenvalue weighted by molar-refractivity contribution is -0.126. The molecule has 1 fully saturated rings. The van der Waals surface area contributed by atoms with Gasteiger partial charge in [0.1, 0.15) is 5.75 Å². The number of carbonyl (C=O) groups is 1. The Hall–Kier alpha value is -2.33. The molecule has 0 saturated carbocycles. The zero-order chi connectivity index (χ0) is 21.0. The van der Waals surface area contributed by atoms with Gasteiger partial charge in [0.05, 0.1) is 6.61 Å². The van der Waals surface area contributed by atoms with Crippen LogP contribution in [0.5, 0.6) is 5.75 Å². The standard InChI is InChI=1S/C27H34N2O2/c30-27(23-10-9-20-5-1-2-6-22(20)19-23)28-24-12-16-29(17-13-24)15-11-21-14-18-31-26-8-4-3-7-25(21)26/h1-8,21,23-24H,9-19H2,(H,28,30). The predicted molar refractivity (Wildman–Crippen MR) is 123 cm³/mol. The molecular weight excluding hydrogens is 384 g/mol. The zero-order valence-corrected chi connectivity index (χ0v) is 18.4. The summed E-state index contributed by atoms with van der Waals surface area (Å²) < 4.78 is 5.81. The van der Waals surface area contributed by atoms with E-state index in [4.69, 9.17) is 4.74 Å². The first-order valence-corrected chi connectivity index (χ1v) is 12.1. The van der Waals surface area contributed by atoms with E-state index < -0.39 is 0 Å². The van der Waals surface area contributed by atoms with Gasteiger partial charge in [-0.3, -0.25) is 4.79 Å². The van der Waals surface area contributed by atoms with Crippen molar-refractivity contribution >= 4 is 5.91 Å². The van der Waals surface area contributed by atoms with Gasteiger partial charge in [0.25, 0.3) is 0 Å². The van der Waals surface area contributed by atoms with Crippen LogP contribution in [0.25, 0.3) is 0 Å². The first kappa shape index (κ1) is 20.6. The lowest BCUT2D eigenvalue weighted by Crippen LogP contribution is -2.47. The molecule has 31 heavy (non-hydrogen) atoms. The van der Waals surface area contributed by atoms with E-state index in [2.05, 4.69) is 58.7 Å². The Balaban J connectivity index is 1.06. The number of likely N-dealkylation sites (tertiary alicyclic amines) is 1. The van der Waals surface area contributed by atoms with Crippen molar-refractivity contribution in [2.75, 3.05) is 26.2 Å². The number of carbonyl (C=O) groups excluding carboxylic acids is 1. The van der Waals surface area contributed by atoms with Crippen LogP contribution in [-0.2, 0) is 17.6 Å². The number of amides is 1. The maximum atomic E-state index is 12.9. The second-order valence-electron chi connectivity index (χ2n) is 9.49. The van der Waals surface area contributed by atoms with Crippen molar-refractivity contribution in [2.45, 2.75) is 56.9 Å². The number of hydrogen-bond donors (Lipinski definition) is 1. The number of para-hydroxylation sites is 1. The highest BCUT2D eigenvalue weighted by atomic mass is 16.5. The molecule has 0 bridgehead atoms. The summed E-state index contributed by atoms with van der Waals surface area (Å²) in [5.74, 6) is 2.09. The summed E-state index contributed by atoms with van der Waals surface area (Å²) in [6.45, 7) is 4.15. The van der Waals surface area contributed by atoms with E-state index in [0.717, 1.165) is 70.5 Å². The predicted octanol–water partition coefficient (Wildman–Crippen LogP) is 4.33. The molecule has 1 aliphatic carbocycles. The molecule has 0 aromatic heterocycles. The molecule has 2 aromatic carbocycles. The van der Waals surface area contributed by atoms with Gasteiger partial charge in [0, 0.05) is 25.0 Å². The minimum Gasteiger partial charge on any atom is -0.493 e. The summed E-state index contributed by atoms with van der Waals surface area (Å²) in [7, 11) is 0. The monoisotopic (exact) mass is 418 g/mol. The van der Waals surface area contributed by atoms with Gasteiger partial charge in [-0.15, -0.1) is 0 Å². The highest BCUT2D eigenvalue weighted by Gasteiger charge is 2.28. The summed E-state index contributed by atoms with van der Waals surface area (Å²) in [5.41, 5.74) is 4.16. The lowest BCUT2D eigenvalue weighted by atomic mass is 9.83. The Bertz CT molecular complexity index is 904. The molecule has 4 nitrogen and oxygen atoms in total. The quantitative estimate of drug-likeness (QED) is 0.786. The molecule has 2 heterocycles. The van der Waals surface area contributed by atoms with E-state index in [9.17, 15) is 4.79 Å². The topological polar surface area (TPSA) is 41.6 Å². The fraction of sp³-hybridized carbons (Fsp3) is 0.519. The van der Waals surface area contributed by atoms with Crippen molar-refractivity contribution in [1.29, 1.82) is 0 Å². The third-order valence-electron chi connectivity index (χ3n) is 7.53. The van der Waals surface area contributed by atoms with Crippen molar-refractivity contribution in [3.8, 4) is 5.75 Å². The highest BCUT2D eigenvalue weighted by molar-refractivity contribution is 5.79. The van der Waals surface area contributed by atoms with Crippen LogP contribution in [0.3, 0.4) is 0 Å². The van der Waals surface area contributed by atoms with E-state index in [1.807, 2.05) is 0 Å². The van der Waals surface area contributed by atoms with E-state index in [-0.39, 0.29) is 11.8 Å². The van der Waals surface area contributed by atoms with Crippen LogP contribution in [0.4, 0.5) is 0 Å². The molecule has 2 unspecified atom stereocenters. The number of piperidine rings is 1. The number of nitrogens with one attached hydrogen (secondary N) is 1. The number of nitrogens with zero attached hydrogens (tertiary/aromatic N) is 1. The molecule has 3 aliphatic rings. The molecule has 164 valence electrons. The summed E-state index contributed by atoms with van der Waals surface area (Å²) in [5, 5.41) is 3.38. The van der Waals surface area contributed by atoms with E-state index >= 15 is 0 Å². The fourth-order valence-electron chi connectivity index (χ4n) is 5.60. The largest absolute Gasteiger partial charge is 0.493 e. The number of benzene rings is 2. The van der Waals surface area contributed by atoms with Crippen molar-refractivity contribution in [2.24, 2.45) is 5.92 Å². The van der Waals surface area contributed by atoms with Crippen LogP contribution in [0, 0.1) is 5.92 Å². The van der Waals surface area contributed by atoms with Gasteiger partial charge in [0.15, 0.2) is 0 Å². The molecule has 1 N–H and O–H groups in total. The Morgan fingerprint density at radius 1 is 0.968 bits per heavy atom. The first-order valence-electron chi connectivity index (χ1n) is 12.1. The lowest BCUT2D eigenvalue weighted by Gasteiger charge is -2.35. The summed E-state index contributed by atoms with van der Waals surface area (Å²) in [6, 6.07) is 17.4. The number of rotatable bonds is 5. The second-order valence-corrected chi connectivity index (χ2v) is 9.49. The van der Waals surface area contributed by atoms with Crippen LogP contribution in [0.1, 0.15) is 54.7 Å². The first-order chi connectivity index (χ1) is 15.3. The number of aryl methyl sites for hydroxylation is 1. The molecular formula is C27H34N2O2. The Labute approximate surface area is 186 Å². The molecule has 1 saturated heterocycles. The van der Waals surface area contributed by atoms with Gasteiger partial charge in [-0.2, -0.15) is 0 Å². The minimum absolute atomic E-state index is 0.140. The van der Waals surface area contributed by atoms with Crippen LogP contribution >= 0.6 is 0 Å². The summed E-state index contributed by atoms with van der Waals surface area (Å²) in [6.07, 6.45) is 7.36. The van der Waals surface area contributed by atoms with Gasteiger partial charge >= 0.3 is 0 Å². The maximum absolute atomic E-state index is 12.9. The average Bonchev–Trinajstić information content (AvgIpc) is 2.83. The van der Waals surface area contributed by atoms with E-state index in [0.29, 0.717) is 12.0 Å². The Morgan fingerprint density at radius 3 is 2.61 bits per heavy atom. The van der Waals surface area contributed by atoms with E-state index in [1.54, 1.807) is 0 Å². The Kier molecular flexibility index (Phi) is 6.26. The Morgan fingerprint density at radius 2 is 1.74 bits per heavy atom. The van der Waals surface area contributed by atoms with Crippen LogP contribution in [0.2, 0.25) is 0 Å². The van der Waals surface area contributed by atoms with Crippen molar-refractivity contribution in [3.05, 3.63) is 65.2 Å². The van der Waals surface area contributed by atoms with Crippen LogP contribution in [0.15, 0.2) is 48.5 Å². The smallest absolute Gasteiger partial charge is 0.223 e. The molecule has 0 spiro atoms. The van der Waals surface area contributed by atoms with Crippen LogP contribution in [-0.4, -0.2) is 43.1 Å². The summed E-state index contributed by atoms with van der Waals surface area (Å²) >= 11 is 0. The van der Waals surface area contributed by atoms with Gasteiger partial charge in [0.2, 0.25) is 5.91 Å². The summed E-state index contributed by atoms with van der Waals surface area (Å²) in [4.78, 5) is 15.5. The maximum Gasteiger partial charge on any atom is 0.223 e. The van der Waals surface area contributed by atoms with Gasteiger partial charge in [-0.05, 0) is 80.2 Å².